The minimum Gasteiger partial charge on any atom is -0.366 e. The van der Waals surface area contributed by atoms with E-state index in [1.165, 1.54) is 0 Å². The Morgan fingerprint density at radius 2 is 2.14 bits per heavy atom. The number of carbonyl (C=O) groups excluding carboxylic acids is 2. The summed E-state index contributed by atoms with van der Waals surface area (Å²) in [6.45, 7) is 0.297. The molecule has 1 aliphatic rings. The maximum atomic E-state index is 12.0. The molecule has 1 aliphatic carbocycles. The molecule has 1 aromatic heterocycles. The largest absolute Gasteiger partial charge is 0.366 e. The molecule has 108 valence electrons. The Balaban J connectivity index is 1.62. The molecule has 0 unspecified atom stereocenters. The summed E-state index contributed by atoms with van der Waals surface area (Å²) in [5.41, 5.74) is 6.71. The third kappa shape index (κ3) is 3.10. The van der Waals surface area contributed by atoms with Gasteiger partial charge in [0.15, 0.2) is 5.69 Å². The molecule has 1 aromatic carbocycles. The first kappa shape index (κ1) is 13.4. The summed E-state index contributed by atoms with van der Waals surface area (Å²) in [5, 5.41) is 6.51. The quantitative estimate of drug-likeness (QED) is 0.871. The van der Waals surface area contributed by atoms with Crippen LogP contribution in [-0.2, 0) is 6.54 Å². The molecule has 0 bridgehead atoms. The SMILES string of the molecule is NC(=O)c1cccc(CNC(=O)c2cc(C3CC3)on2)c1. The molecule has 3 N–H and O–H groups in total. The molecule has 21 heavy (non-hydrogen) atoms. The molecule has 1 saturated carbocycles. The normalized spacial score (nSPS) is 13.9. The monoisotopic (exact) mass is 285 g/mol. The van der Waals surface area contributed by atoms with Crippen LogP contribution in [0.1, 0.15) is 50.9 Å². The van der Waals surface area contributed by atoms with Gasteiger partial charge in [0.25, 0.3) is 5.91 Å². The lowest BCUT2D eigenvalue weighted by Gasteiger charge is -2.04. The number of nitrogens with two attached hydrogens (primary N) is 1. The van der Waals surface area contributed by atoms with Crippen molar-refractivity contribution in [2.75, 3.05) is 0 Å². The van der Waals surface area contributed by atoms with E-state index in [1.54, 1.807) is 24.3 Å². The molecule has 2 aromatic rings. The zero-order valence-electron chi connectivity index (χ0n) is 11.3. The Morgan fingerprint density at radius 1 is 1.33 bits per heavy atom. The number of amides is 2. The zero-order chi connectivity index (χ0) is 14.8. The number of aromatic nitrogens is 1. The van der Waals surface area contributed by atoms with E-state index < -0.39 is 5.91 Å². The van der Waals surface area contributed by atoms with Crippen LogP contribution in [0.15, 0.2) is 34.9 Å². The molecule has 1 heterocycles. The molecule has 3 rings (SSSR count). The van der Waals surface area contributed by atoms with Crippen LogP contribution < -0.4 is 11.1 Å². The van der Waals surface area contributed by atoms with Crippen molar-refractivity contribution in [2.24, 2.45) is 5.73 Å². The van der Waals surface area contributed by atoms with Crippen LogP contribution in [0.5, 0.6) is 0 Å². The minimum absolute atomic E-state index is 0.281. The van der Waals surface area contributed by atoms with Crippen LogP contribution in [0.3, 0.4) is 0 Å². The number of hydrogen-bond donors (Lipinski definition) is 2. The minimum atomic E-state index is -0.492. The number of rotatable bonds is 5. The number of nitrogens with one attached hydrogen (secondary N) is 1. The van der Waals surface area contributed by atoms with E-state index in [2.05, 4.69) is 10.5 Å². The fraction of sp³-hybridized carbons (Fsp3) is 0.267. The number of primary amides is 1. The third-order valence-electron chi connectivity index (χ3n) is 3.41. The third-order valence-corrected chi connectivity index (χ3v) is 3.41. The van der Waals surface area contributed by atoms with Crippen LogP contribution in [0.25, 0.3) is 0 Å². The van der Waals surface area contributed by atoms with Crippen LogP contribution in [0.2, 0.25) is 0 Å². The first-order valence-electron chi connectivity index (χ1n) is 6.77. The summed E-state index contributed by atoms with van der Waals surface area (Å²) < 4.78 is 5.14. The van der Waals surface area contributed by atoms with Crippen molar-refractivity contribution in [3.05, 3.63) is 52.9 Å². The van der Waals surface area contributed by atoms with Crippen LogP contribution >= 0.6 is 0 Å². The van der Waals surface area contributed by atoms with E-state index in [0.717, 1.165) is 24.2 Å². The molecule has 0 atom stereocenters. The zero-order valence-corrected chi connectivity index (χ0v) is 11.3. The van der Waals surface area contributed by atoms with Gasteiger partial charge in [-0.05, 0) is 30.5 Å². The van der Waals surface area contributed by atoms with Crippen molar-refractivity contribution < 1.29 is 14.1 Å². The lowest BCUT2D eigenvalue weighted by Crippen LogP contribution is -2.23. The van der Waals surface area contributed by atoms with E-state index >= 15 is 0 Å². The van der Waals surface area contributed by atoms with Crippen molar-refractivity contribution in [1.29, 1.82) is 0 Å². The van der Waals surface area contributed by atoms with Gasteiger partial charge in [-0.3, -0.25) is 9.59 Å². The second-order valence-electron chi connectivity index (χ2n) is 5.14. The van der Waals surface area contributed by atoms with Gasteiger partial charge in [0.2, 0.25) is 5.91 Å². The molecule has 0 aliphatic heterocycles. The van der Waals surface area contributed by atoms with E-state index in [0.29, 0.717) is 18.0 Å². The highest BCUT2D eigenvalue weighted by atomic mass is 16.5. The maximum absolute atomic E-state index is 12.0. The Labute approximate surface area is 121 Å². The van der Waals surface area contributed by atoms with Gasteiger partial charge in [-0.2, -0.15) is 0 Å². The van der Waals surface area contributed by atoms with E-state index in [4.69, 9.17) is 10.3 Å². The van der Waals surface area contributed by atoms with Crippen molar-refractivity contribution in [3.8, 4) is 0 Å². The van der Waals surface area contributed by atoms with Crippen molar-refractivity contribution in [2.45, 2.75) is 25.3 Å². The van der Waals surface area contributed by atoms with Gasteiger partial charge in [-0.15, -0.1) is 0 Å². The smallest absolute Gasteiger partial charge is 0.273 e. The summed E-state index contributed by atoms with van der Waals surface area (Å²) in [4.78, 5) is 23.1. The summed E-state index contributed by atoms with van der Waals surface area (Å²) in [7, 11) is 0. The molecule has 1 fully saturated rings. The molecule has 0 spiro atoms. The molecule has 2 amide bonds. The van der Waals surface area contributed by atoms with Gasteiger partial charge in [-0.25, -0.2) is 0 Å². The molecular weight excluding hydrogens is 270 g/mol. The van der Waals surface area contributed by atoms with E-state index in [-0.39, 0.29) is 11.6 Å². The lowest BCUT2D eigenvalue weighted by molar-refractivity contribution is 0.0941. The second kappa shape index (κ2) is 5.40. The Morgan fingerprint density at radius 3 is 2.86 bits per heavy atom. The summed E-state index contributed by atoms with van der Waals surface area (Å²) in [5.74, 6) is 0.408. The standard InChI is InChI=1S/C15H15N3O3/c16-14(19)11-3-1-2-9(6-11)8-17-15(20)12-7-13(21-18-12)10-4-5-10/h1-3,6-7,10H,4-5,8H2,(H2,16,19)(H,17,20). The fourth-order valence-electron chi connectivity index (χ4n) is 2.06. The predicted octanol–water partition coefficient (Wildman–Crippen LogP) is 1.58. The van der Waals surface area contributed by atoms with E-state index in [9.17, 15) is 9.59 Å². The molecule has 0 saturated heterocycles. The lowest BCUT2D eigenvalue weighted by atomic mass is 10.1. The molecular formula is C15H15N3O3. The van der Waals surface area contributed by atoms with Gasteiger partial charge in [0, 0.05) is 24.1 Å². The van der Waals surface area contributed by atoms with Gasteiger partial charge >= 0.3 is 0 Å². The summed E-state index contributed by atoms with van der Waals surface area (Å²) in [6.07, 6.45) is 2.19. The summed E-state index contributed by atoms with van der Waals surface area (Å²) >= 11 is 0. The number of carbonyl (C=O) groups is 2. The fourth-order valence-corrected chi connectivity index (χ4v) is 2.06. The van der Waals surface area contributed by atoms with Gasteiger partial charge in [-0.1, -0.05) is 17.3 Å². The van der Waals surface area contributed by atoms with Crippen LogP contribution in [0, 0.1) is 0 Å². The highest BCUT2D eigenvalue weighted by Gasteiger charge is 2.28. The maximum Gasteiger partial charge on any atom is 0.273 e. The summed E-state index contributed by atoms with van der Waals surface area (Å²) in [6, 6.07) is 8.51. The van der Waals surface area contributed by atoms with Crippen LogP contribution in [0.4, 0.5) is 0 Å². The number of hydrogen-bond acceptors (Lipinski definition) is 4. The van der Waals surface area contributed by atoms with Crippen LogP contribution in [-0.4, -0.2) is 17.0 Å². The first-order valence-corrected chi connectivity index (χ1v) is 6.77. The average Bonchev–Trinajstić information content (AvgIpc) is 3.22. The van der Waals surface area contributed by atoms with Crippen molar-refractivity contribution >= 4 is 11.8 Å². The highest BCUT2D eigenvalue weighted by molar-refractivity contribution is 5.93. The topological polar surface area (TPSA) is 98.2 Å². The molecule has 6 heteroatoms. The first-order chi connectivity index (χ1) is 10.1. The Bertz CT molecular complexity index is 689. The van der Waals surface area contributed by atoms with Gasteiger partial charge < -0.3 is 15.6 Å². The Kier molecular flexibility index (Phi) is 3.43. The van der Waals surface area contributed by atoms with Gasteiger partial charge in [0.1, 0.15) is 5.76 Å². The van der Waals surface area contributed by atoms with E-state index in [1.807, 2.05) is 6.07 Å². The second-order valence-corrected chi connectivity index (χ2v) is 5.14. The predicted molar refractivity (Wildman–Crippen MR) is 74.6 cm³/mol. The van der Waals surface area contributed by atoms with Gasteiger partial charge in [0.05, 0.1) is 0 Å². The average molecular weight is 285 g/mol. The highest BCUT2D eigenvalue weighted by Crippen LogP contribution is 2.40. The van der Waals surface area contributed by atoms with Crippen molar-refractivity contribution in [1.82, 2.24) is 10.5 Å². The Hall–Kier alpha value is -2.63. The number of nitrogens with zero attached hydrogens (tertiary/aromatic N) is 1. The molecule has 6 nitrogen and oxygen atoms in total. The number of benzene rings is 1. The molecule has 0 radical (unpaired) electrons. The van der Waals surface area contributed by atoms with Crippen molar-refractivity contribution in [3.63, 3.8) is 0 Å².